The SMILES string of the molecule is CC[C@@H](C)c1ccccc1N1C[C@H](C(=O)Nc2ccc(C)cc2C)CC1=O. The summed E-state index contributed by atoms with van der Waals surface area (Å²) in [4.78, 5) is 27.2. The number of nitrogens with zero attached hydrogens (tertiary/aromatic N) is 1. The van der Waals surface area contributed by atoms with E-state index >= 15 is 0 Å². The topological polar surface area (TPSA) is 49.4 Å². The molecule has 0 radical (unpaired) electrons. The van der Waals surface area contributed by atoms with Gasteiger partial charge in [-0.3, -0.25) is 9.59 Å². The minimum Gasteiger partial charge on any atom is -0.326 e. The van der Waals surface area contributed by atoms with Gasteiger partial charge in [0.25, 0.3) is 0 Å². The summed E-state index contributed by atoms with van der Waals surface area (Å²) in [5.74, 6) is -0.0226. The second-order valence-corrected chi connectivity index (χ2v) is 7.58. The Labute approximate surface area is 161 Å². The van der Waals surface area contributed by atoms with Crippen LogP contribution in [0.1, 0.15) is 49.3 Å². The van der Waals surface area contributed by atoms with Crippen LogP contribution in [0.15, 0.2) is 42.5 Å². The molecule has 1 aliphatic heterocycles. The number of para-hydroxylation sites is 1. The molecule has 142 valence electrons. The Kier molecular flexibility index (Phi) is 5.64. The van der Waals surface area contributed by atoms with E-state index in [0.717, 1.165) is 28.9 Å². The minimum atomic E-state index is -0.330. The van der Waals surface area contributed by atoms with E-state index in [1.54, 1.807) is 4.90 Å². The van der Waals surface area contributed by atoms with Crippen molar-refractivity contribution in [1.29, 1.82) is 0 Å². The number of benzene rings is 2. The van der Waals surface area contributed by atoms with Crippen molar-refractivity contribution in [2.75, 3.05) is 16.8 Å². The smallest absolute Gasteiger partial charge is 0.229 e. The fraction of sp³-hybridized carbons (Fsp3) is 0.391. The maximum atomic E-state index is 12.8. The molecule has 1 saturated heterocycles. The fourth-order valence-corrected chi connectivity index (χ4v) is 3.67. The van der Waals surface area contributed by atoms with Gasteiger partial charge in [0.05, 0.1) is 5.92 Å². The Hall–Kier alpha value is -2.62. The molecule has 27 heavy (non-hydrogen) atoms. The van der Waals surface area contributed by atoms with E-state index in [2.05, 4.69) is 25.2 Å². The molecule has 1 fully saturated rings. The third-order valence-corrected chi connectivity index (χ3v) is 5.51. The molecule has 2 amide bonds. The normalized spacial score (nSPS) is 17.9. The van der Waals surface area contributed by atoms with Crippen LogP contribution in [0.3, 0.4) is 0 Å². The number of hydrogen-bond donors (Lipinski definition) is 1. The number of nitrogens with one attached hydrogen (secondary N) is 1. The molecule has 2 atom stereocenters. The number of amides is 2. The first kappa shape index (κ1) is 19.2. The molecule has 0 unspecified atom stereocenters. The van der Waals surface area contributed by atoms with Gasteiger partial charge in [0, 0.05) is 24.3 Å². The summed E-state index contributed by atoms with van der Waals surface area (Å²) in [6, 6.07) is 14.0. The Balaban J connectivity index is 1.77. The average molecular weight is 364 g/mol. The molecule has 4 nitrogen and oxygen atoms in total. The van der Waals surface area contributed by atoms with E-state index in [0.29, 0.717) is 12.5 Å². The zero-order valence-corrected chi connectivity index (χ0v) is 16.6. The summed E-state index contributed by atoms with van der Waals surface area (Å²) < 4.78 is 0. The maximum absolute atomic E-state index is 12.8. The molecular weight excluding hydrogens is 336 g/mol. The molecule has 0 saturated carbocycles. The summed E-state index contributed by atoms with van der Waals surface area (Å²) in [5.41, 5.74) is 5.12. The predicted octanol–water partition coefficient (Wildman–Crippen LogP) is 4.81. The monoisotopic (exact) mass is 364 g/mol. The molecule has 1 aliphatic rings. The van der Waals surface area contributed by atoms with Crippen molar-refractivity contribution in [2.45, 2.75) is 46.5 Å². The molecule has 0 spiro atoms. The van der Waals surface area contributed by atoms with Gasteiger partial charge in [-0.2, -0.15) is 0 Å². The highest BCUT2D eigenvalue weighted by Crippen LogP contribution is 2.33. The summed E-state index contributed by atoms with van der Waals surface area (Å²) in [6.07, 6.45) is 1.27. The van der Waals surface area contributed by atoms with Crippen molar-refractivity contribution in [3.8, 4) is 0 Å². The second-order valence-electron chi connectivity index (χ2n) is 7.58. The van der Waals surface area contributed by atoms with Gasteiger partial charge in [-0.1, -0.05) is 49.7 Å². The minimum absolute atomic E-state index is 0.0199. The highest BCUT2D eigenvalue weighted by molar-refractivity contribution is 6.04. The Morgan fingerprint density at radius 3 is 2.67 bits per heavy atom. The van der Waals surface area contributed by atoms with Gasteiger partial charge in [0.1, 0.15) is 0 Å². The van der Waals surface area contributed by atoms with Crippen LogP contribution in [0.4, 0.5) is 11.4 Å². The molecule has 1 heterocycles. The third-order valence-electron chi connectivity index (χ3n) is 5.51. The van der Waals surface area contributed by atoms with Crippen LogP contribution in [0.25, 0.3) is 0 Å². The van der Waals surface area contributed by atoms with Gasteiger partial charge < -0.3 is 10.2 Å². The zero-order chi connectivity index (χ0) is 19.6. The first-order chi connectivity index (χ1) is 12.9. The van der Waals surface area contributed by atoms with E-state index in [1.165, 1.54) is 5.56 Å². The van der Waals surface area contributed by atoms with E-state index in [1.807, 2.05) is 50.2 Å². The summed E-state index contributed by atoms with van der Waals surface area (Å²) in [7, 11) is 0. The molecule has 3 rings (SSSR count). The van der Waals surface area contributed by atoms with Gasteiger partial charge in [-0.05, 0) is 49.4 Å². The standard InChI is InChI=1S/C23H28N2O2/c1-5-16(3)19-8-6-7-9-21(19)25-14-18(13-22(25)26)23(27)24-20-11-10-15(2)12-17(20)4/h6-12,16,18H,5,13-14H2,1-4H3,(H,24,27)/t16-,18-/m1/s1. The van der Waals surface area contributed by atoms with E-state index in [9.17, 15) is 9.59 Å². The summed E-state index contributed by atoms with van der Waals surface area (Å²) in [6.45, 7) is 8.76. The van der Waals surface area contributed by atoms with Gasteiger partial charge in [-0.15, -0.1) is 0 Å². The number of rotatable bonds is 5. The van der Waals surface area contributed by atoms with Crippen molar-refractivity contribution in [3.05, 3.63) is 59.2 Å². The maximum Gasteiger partial charge on any atom is 0.229 e. The summed E-state index contributed by atoms with van der Waals surface area (Å²) >= 11 is 0. The lowest BCUT2D eigenvalue weighted by atomic mass is 9.96. The highest BCUT2D eigenvalue weighted by atomic mass is 16.2. The molecule has 0 aliphatic carbocycles. The average Bonchev–Trinajstić information content (AvgIpc) is 3.05. The van der Waals surface area contributed by atoms with E-state index < -0.39 is 0 Å². The summed E-state index contributed by atoms with van der Waals surface area (Å²) in [5, 5.41) is 3.00. The van der Waals surface area contributed by atoms with Crippen LogP contribution < -0.4 is 10.2 Å². The Morgan fingerprint density at radius 1 is 1.22 bits per heavy atom. The molecular formula is C23H28N2O2. The quantitative estimate of drug-likeness (QED) is 0.828. The van der Waals surface area contributed by atoms with Crippen LogP contribution in [0, 0.1) is 19.8 Å². The van der Waals surface area contributed by atoms with Crippen molar-refractivity contribution < 1.29 is 9.59 Å². The fourth-order valence-electron chi connectivity index (χ4n) is 3.67. The first-order valence-electron chi connectivity index (χ1n) is 9.68. The van der Waals surface area contributed by atoms with Gasteiger partial charge >= 0.3 is 0 Å². The molecule has 2 aromatic rings. The van der Waals surface area contributed by atoms with E-state index in [-0.39, 0.29) is 24.2 Å². The molecule has 0 aromatic heterocycles. The van der Waals surface area contributed by atoms with Crippen LogP contribution in [0.2, 0.25) is 0 Å². The third kappa shape index (κ3) is 4.05. The molecule has 2 aromatic carbocycles. The van der Waals surface area contributed by atoms with Crippen LogP contribution in [-0.4, -0.2) is 18.4 Å². The van der Waals surface area contributed by atoms with Gasteiger partial charge in [0.15, 0.2) is 0 Å². The van der Waals surface area contributed by atoms with Crippen molar-refractivity contribution >= 4 is 23.2 Å². The van der Waals surface area contributed by atoms with Crippen molar-refractivity contribution in [3.63, 3.8) is 0 Å². The van der Waals surface area contributed by atoms with Gasteiger partial charge in [-0.25, -0.2) is 0 Å². The lowest BCUT2D eigenvalue weighted by molar-refractivity contribution is -0.122. The number of carbonyl (C=O) groups excluding carboxylic acids is 2. The van der Waals surface area contributed by atoms with Gasteiger partial charge in [0.2, 0.25) is 11.8 Å². The lowest BCUT2D eigenvalue weighted by Gasteiger charge is -2.23. The predicted molar refractivity (Wildman–Crippen MR) is 110 cm³/mol. The molecule has 4 heteroatoms. The number of anilines is 2. The lowest BCUT2D eigenvalue weighted by Crippen LogP contribution is -2.29. The van der Waals surface area contributed by atoms with Crippen LogP contribution >= 0.6 is 0 Å². The molecule has 0 bridgehead atoms. The van der Waals surface area contributed by atoms with Crippen molar-refractivity contribution in [2.24, 2.45) is 5.92 Å². The zero-order valence-electron chi connectivity index (χ0n) is 16.6. The Morgan fingerprint density at radius 2 is 1.96 bits per heavy atom. The number of carbonyl (C=O) groups is 2. The number of hydrogen-bond acceptors (Lipinski definition) is 2. The van der Waals surface area contributed by atoms with Crippen molar-refractivity contribution in [1.82, 2.24) is 0 Å². The van der Waals surface area contributed by atoms with Crippen LogP contribution in [-0.2, 0) is 9.59 Å². The largest absolute Gasteiger partial charge is 0.326 e. The Bertz CT molecular complexity index is 859. The molecule has 1 N–H and O–H groups in total. The first-order valence-corrected chi connectivity index (χ1v) is 9.68. The highest BCUT2D eigenvalue weighted by Gasteiger charge is 2.36. The van der Waals surface area contributed by atoms with Crippen LogP contribution in [0.5, 0.6) is 0 Å². The second kappa shape index (κ2) is 7.95. The number of aryl methyl sites for hydroxylation is 2. The van der Waals surface area contributed by atoms with E-state index in [4.69, 9.17) is 0 Å².